The van der Waals surface area contributed by atoms with Crippen molar-refractivity contribution in [2.45, 2.75) is 0 Å². The van der Waals surface area contributed by atoms with Gasteiger partial charge in [-0.25, -0.2) is 0 Å². The van der Waals surface area contributed by atoms with Crippen molar-refractivity contribution in [2.75, 3.05) is 0 Å². The molecule has 0 unspecified atom stereocenters. The molecular formula is C18H12N2OS. The first-order valence-electron chi connectivity index (χ1n) is 6.92. The van der Waals surface area contributed by atoms with Gasteiger partial charge in [0.05, 0.1) is 10.4 Å². The van der Waals surface area contributed by atoms with Crippen LogP contribution in [0, 0.1) is 0 Å². The molecule has 4 rings (SSSR count). The molecule has 4 aromatic rings. The Balaban J connectivity index is 2.02. The Kier molecular flexibility index (Phi) is 3.09. The molecule has 106 valence electrons. The van der Waals surface area contributed by atoms with E-state index >= 15 is 0 Å². The van der Waals surface area contributed by atoms with E-state index in [1.807, 2.05) is 36.4 Å². The lowest BCUT2D eigenvalue weighted by atomic mass is 9.97. The van der Waals surface area contributed by atoms with Crippen LogP contribution < -0.4 is 0 Å². The first kappa shape index (κ1) is 13.0. The van der Waals surface area contributed by atoms with Crippen LogP contribution in [-0.2, 0) is 0 Å². The highest BCUT2D eigenvalue weighted by Gasteiger charge is 2.18. The van der Waals surface area contributed by atoms with E-state index in [1.165, 1.54) is 11.5 Å². The Labute approximate surface area is 131 Å². The minimum Gasteiger partial charge on any atom is -0.492 e. The Bertz CT molecular complexity index is 942. The molecular weight excluding hydrogens is 292 g/mol. The summed E-state index contributed by atoms with van der Waals surface area (Å²) in [5.41, 5.74) is 2.79. The zero-order chi connectivity index (χ0) is 14.9. The average molecular weight is 304 g/mol. The summed E-state index contributed by atoms with van der Waals surface area (Å²) in [6.07, 6.45) is 3.50. The molecule has 0 aliphatic heterocycles. The highest BCUT2D eigenvalue weighted by Crippen LogP contribution is 2.43. The molecule has 0 bridgehead atoms. The van der Waals surface area contributed by atoms with Gasteiger partial charge in [-0.05, 0) is 45.6 Å². The minimum absolute atomic E-state index is 0.0770. The van der Waals surface area contributed by atoms with Gasteiger partial charge in [-0.1, -0.05) is 42.5 Å². The summed E-state index contributed by atoms with van der Waals surface area (Å²) < 4.78 is 4.15. The Morgan fingerprint density at radius 1 is 0.864 bits per heavy atom. The number of hydrogen-bond acceptors (Lipinski definition) is 4. The van der Waals surface area contributed by atoms with Gasteiger partial charge in [-0.3, -0.25) is 4.98 Å². The molecule has 0 atom stereocenters. The second kappa shape index (κ2) is 5.24. The fourth-order valence-corrected chi connectivity index (χ4v) is 3.47. The van der Waals surface area contributed by atoms with Gasteiger partial charge in [0.1, 0.15) is 0 Å². The van der Waals surface area contributed by atoms with Gasteiger partial charge in [0.15, 0.2) is 0 Å². The SMILES string of the molecule is Oc1nsc(-c2ccncc2)c1-c1cccc2ccccc12. The molecule has 0 saturated carbocycles. The van der Waals surface area contributed by atoms with Crippen LogP contribution in [0.5, 0.6) is 5.88 Å². The second-order valence-electron chi connectivity index (χ2n) is 4.97. The Morgan fingerprint density at radius 2 is 1.64 bits per heavy atom. The van der Waals surface area contributed by atoms with Crippen LogP contribution >= 0.6 is 11.5 Å². The van der Waals surface area contributed by atoms with Gasteiger partial charge in [0.2, 0.25) is 5.88 Å². The summed E-state index contributed by atoms with van der Waals surface area (Å²) in [5.74, 6) is 0.0770. The van der Waals surface area contributed by atoms with E-state index in [2.05, 4.69) is 27.6 Å². The lowest BCUT2D eigenvalue weighted by Crippen LogP contribution is -1.83. The Hall–Kier alpha value is -2.72. The normalized spacial score (nSPS) is 10.9. The summed E-state index contributed by atoms with van der Waals surface area (Å²) in [6.45, 7) is 0. The van der Waals surface area contributed by atoms with E-state index in [0.29, 0.717) is 0 Å². The van der Waals surface area contributed by atoms with E-state index in [9.17, 15) is 5.11 Å². The largest absolute Gasteiger partial charge is 0.492 e. The fraction of sp³-hybridized carbons (Fsp3) is 0. The van der Waals surface area contributed by atoms with Gasteiger partial charge in [0.25, 0.3) is 0 Å². The lowest BCUT2D eigenvalue weighted by Gasteiger charge is -2.08. The number of nitrogens with zero attached hydrogens (tertiary/aromatic N) is 2. The topological polar surface area (TPSA) is 46.0 Å². The summed E-state index contributed by atoms with van der Waals surface area (Å²) in [5, 5.41) is 12.5. The molecule has 2 heterocycles. The number of rotatable bonds is 2. The predicted molar refractivity (Wildman–Crippen MR) is 90.0 cm³/mol. The van der Waals surface area contributed by atoms with E-state index in [1.54, 1.807) is 12.4 Å². The van der Waals surface area contributed by atoms with Crippen LogP contribution in [0.3, 0.4) is 0 Å². The number of fused-ring (bicyclic) bond motifs is 1. The maximum Gasteiger partial charge on any atom is 0.231 e. The molecule has 0 fully saturated rings. The van der Waals surface area contributed by atoms with E-state index < -0.39 is 0 Å². The monoisotopic (exact) mass is 304 g/mol. The van der Waals surface area contributed by atoms with Crippen LogP contribution in [0.2, 0.25) is 0 Å². The van der Waals surface area contributed by atoms with Gasteiger partial charge in [0, 0.05) is 12.4 Å². The van der Waals surface area contributed by atoms with Crippen LogP contribution in [-0.4, -0.2) is 14.5 Å². The van der Waals surface area contributed by atoms with Gasteiger partial charge >= 0.3 is 0 Å². The summed E-state index contributed by atoms with van der Waals surface area (Å²) in [4.78, 5) is 5.01. The number of benzene rings is 2. The second-order valence-corrected chi connectivity index (χ2v) is 5.75. The van der Waals surface area contributed by atoms with Gasteiger partial charge in [-0.2, -0.15) is 4.37 Å². The number of aromatic nitrogens is 2. The maximum atomic E-state index is 10.3. The molecule has 0 aliphatic carbocycles. The molecule has 22 heavy (non-hydrogen) atoms. The lowest BCUT2D eigenvalue weighted by molar-refractivity contribution is 0.462. The molecule has 0 radical (unpaired) electrons. The smallest absolute Gasteiger partial charge is 0.231 e. The third kappa shape index (κ3) is 2.05. The summed E-state index contributed by atoms with van der Waals surface area (Å²) >= 11 is 1.30. The maximum absolute atomic E-state index is 10.3. The summed E-state index contributed by atoms with van der Waals surface area (Å²) in [7, 11) is 0. The van der Waals surface area contributed by atoms with Crippen LogP contribution in [0.4, 0.5) is 0 Å². The van der Waals surface area contributed by atoms with Crippen molar-refractivity contribution in [2.24, 2.45) is 0 Å². The number of hydrogen-bond donors (Lipinski definition) is 1. The van der Waals surface area contributed by atoms with Crippen LogP contribution in [0.1, 0.15) is 0 Å². The van der Waals surface area contributed by atoms with Crippen molar-refractivity contribution < 1.29 is 5.11 Å². The zero-order valence-corrected chi connectivity index (χ0v) is 12.4. The summed E-state index contributed by atoms with van der Waals surface area (Å²) in [6, 6.07) is 18.1. The molecule has 2 aromatic heterocycles. The highest BCUT2D eigenvalue weighted by atomic mass is 32.1. The molecule has 3 nitrogen and oxygen atoms in total. The van der Waals surface area contributed by atoms with Crippen molar-refractivity contribution in [1.82, 2.24) is 9.36 Å². The Morgan fingerprint density at radius 3 is 2.50 bits per heavy atom. The van der Waals surface area contributed by atoms with Crippen LogP contribution in [0.25, 0.3) is 32.3 Å². The molecule has 2 aromatic carbocycles. The highest BCUT2D eigenvalue weighted by molar-refractivity contribution is 7.10. The van der Waals surface area contributed by atoms with Crippen molar-refractivity contribution in [1.29, 1.82) is 0 Å². The molecule has 1 N–H and O–H groups in total. The predicted octanol–water partition coefficient (Wildman–Crippen LogP) is 4.73. The first-order valence-corrected chi connectivity index (χ1v) is 7.69. The van der Waals surface area contributed by atoms with E-state index in [-0.39, 0.29) is 5.88 Å². The van der Waals surface area contributed by atoms with Crippen molar-refractivity contribution in [3.05, 3.63) is 67.0 Å². The van der Waals surface area contributed by atoms with Gasteiger partial charge in [-0.15, -0.1) is 0 Å². The van der Waals surface area contributed by atoms with Crippen molar-refractivity contribution >= 4 is 22.3 Å². The van der Waals surface area contributed by atoms with Crippen molar-refractivity contribution in [3.8, 4) is 27.4 Å². The number of aromatic hydroxyl groups is 1. The fourth-order valence-electron chi connectivity index (χ4n) is 2.67. The third-order valence-electron chi connectivity index (χ3n) is 3.68. The number of pyridine rings is 1. The van der Waals surface area contributed by atoms with Gasteiger partial charge < -0.3 is 5.11 Å². The van der Waals surface area contributed by atoms with Crippen molar-refractivity contribution in [3.63, 3.8) is 0 Å². The van der Waals surface area contributed by atoms with E-state index in [4.69, 9.17) is 0 Å². The minimum atomic E-state index is 0.0770. The quantitative estimate of drug-likeness (QED) is 0.582. The average Bonchev–Trinajstić information content (AvgIpc) is 2.96. The molecule has 0 saturated heterocycles. The molecule has 0 aliphatic rings. The van der Waals surface area contributed by atoms with Crippen LogP contribution in [0.15, 0.2) is 67.0 Å². The first-order chi connectivity index (χ1) is 10.8. The zero-order valence-electron chi connectivity index (χ0n) is 11.6. The standard InChI is InChI=1S/C18H12N2OS/c21-18-16(17(22-20-18)13-8-10-19-11-9-13)15-7-3-5-12-4-1-2-6-14(12)15/h1-11H,(H,20,21). The molecule has 0 spiro atoms. The van der Waals surface area contributed by atoms with E-state index in [0.717, 1.165) is 32.3 Å². The molecule has 4 heteroatoms. The molecule has 0 amide bonds. The third-order valence-corrected chi connectivity index (χ3v) is 4.56.